The number of nitrogens with zero attached hydrogens (tertiary/aromatic N) is 1. The molecule has 1 nitrogen and oxygen atoms in total. The van der Waals surface area contributed by atoms with Gasteiger partial charge in [0, 0.05) is 0 Å². The second-order valence-electron chi connectivity index (χ2n) is 3.26. The van der Waals surface area contributed by atoms with Gasteiger partial charge in [-0.3, -0.25) is 0 Å². The second kappa shape index (κ2) is 4.43. The van der Waals surface area contributed by atoms with E-state index in [-0.39, 0.29) is 0 Å². The number of rotatable bonds is 2. The Morgan fingerprint density at radius 3 is 2.00 bits per heavy atom. The molecular formula is C14H10N. The van der Waals surface area contributed by atoms with Crippen LogP contribution in [-0.4, -0.2) is 0 Å². The highest BCUT2D eigenvalue weighted by Crippen LogP contribution is 2.19. The van der Waals surface area contributed by atoms with Gasteiger partial charge >= 0.3 is 0 Å². The minimum absolute atomic E-state index is 0.942. The van der Waals surface area contributed by atoms with Crippen LogP contribution in [0.5, 0.6) is 0 Å². The highest BCUT2D eigenvalue weighted by molar-refractivity contribution is 5.63. The van der Waals surface area contributed by atoms with Gasteiger partial charge in [0.05, 0.1) is 12.5 Å². The van der Waals surface area contributed by atoms with Crippen LogP contribution in [0.25, 0.3) is 11.1 Å². The van der Waals surface area contributed by atoms with E-state index in [0.717, 1.165) is 5.56 Å². The molecule has 0 aliphatic rings. The van der Waals surface area contributed by atoms with E-state index in [9.17, 15) is 0 Å². The molecule has 2 aromatic carbocycles. The third-order valence-corrected chi connectivity index (χ3v) is 2.25. The van der Waals surface area contributed by atoms with Crippen LogP contribution in [0, 0.1) is 17.8 Å². The first-order valence-corrected chi connectivity index (χ1v) is 4.78. The molecule has 15 heavy (non-hydrogen) atoms. The van der Waals surface area contributed by atoms with Crippen molar-refractivity contribution in [1.29, 1.82) is 5.26 Å². The van der Waals surface area contributed by atoms with Crippen LogP contribution in [0.15, 0.2) is 54.6 Å². The molecule has 0 saturated heterocycles. The van der Waals surface area contributed by atoms with Gasteiger partial charge in [-0.2, -0.15) is 5.26 Å². The average Bonchev–Trinajstić information content (AvgIpc) is 2.32. The van der Waals surface area contributed by atoms with Gasteiger partial charge in [0.2, 0.25) is 0 Å². The molecule has 0 unspecified atom stereocenters. The fourth-order valence-corrected chi connectivity index (χ4v) is 1.48. The molecule has 0 saturated carbocycles. The smallest absolute Gasteiger partial charge is 0.0911 e. The van der Waals surface area contributed by atoms with Gasteiger partial charge in [-0.25, -0.2) is 0 Å². The van der Waals surface area contributed by atoms with Gasteiger partial charge < -0.3 is 0 Å². The SMILES string of the molecule is N#C[CH]c1ccc(-c2ccccc2)cc1. The third-order valence-electron chi connectivity index (χ3n) is 2.25. The van der Waals surface area contributed by atoms with Crippen LogP contribution in [0.3, 0.4) is 0 Å². The van der Waals surface area contributed by atoms with E-state index in [1.54, 1.807) is 0 Å². The first-order chi connectivity index (χ1) is 7.40. The Kier molecular flexibility index (Phi) is 2.80. The van der Waals surface area contributed by atoms with Crippen molar-refractivity contribution in [2.24, 2.45) is 0 Å². The van der Waals surface area contributed by atoms with Crippen LogP contribution in [0.4, 0.5) is 0 Å². The number of hydrogen-bond donors (Lipinski definition) is 0. The van der Waals surface area contributed by atoms with Gasteiger partial charge in [-0.05, 0) is 16.7 Å². The summed E-state index contributed by atoms with van der Waals surface area (Å²) in [5.74, 6) is 0. The molecule has 0 aliphatic carbocycles. The Hall–Kier alpha value is -2.07. The van der Waals surface area contributed by atoms with Gasteiger partial charge in [-0.1, -0.05) is 54.6 Å². The Morgan fingerprint density at radius 1 is 0.800 bits per heavy atom. The molecule has 0 N–H and O–H groups in total. The van der Waals surface area contributed by atoms with E-state index in [1.807, 2.05) is 48.5 Å². The maximum absolute atomic E-state index is 8.50. The number of benzene rings is 2. The molecule has 0 aliphatic heterocycles. The molecule has 0 heterocycles. The lowest BCUT2D eigenvalue weighted by molar-refractivity contribution is 1.45. The fourth-order valence-electron chi connectivity index (χ4n) is 1.48. The number of nitriles is 1. The van der Waals surface area contributed by atoms with Crippen LogP contribution in [0.1, 0.15) is 5.56 Å². The van der Waals surface area contributed by atoms with Crippen molar-refractivity contribution < 1.29 is 0 Å². The van der Waals surface area contributed by atoms with Crippen LogP contribution in [0.2, 0.25) is 0 Å². The lowest BCUT2D eigenvalue weighted by Crippen LogP contribution is -1.80. The van der Waals surface area contributed by atoms with Gasteiger partial charge in [0.1, 0.15) is 0 Å². The molecule has 1 radical (unpaired) electrons. The predicted octanol–water partition coefficient (Wildman–Crippen LogP) is 3.43. The molecule has 1 heteroatoms. The standard InChI is InChI=1S/C14H10N/c15-11-10-12-6-8-14(9-7-12)13-4-2-1-3-5-13/h1-10H. The molecule has 71 valence electrons. The minimum Gasteiger partial charge on any atom is -0.198 e. The molecule has 2 rings (SSSR count). The van der Waals surface area contributed by atoms with Gasteiger partial charge in [0.25, 0.3) is 0 Å². The Labute approximate surface area is 89.6 Å². The lowest BCUT2D eigenvalue weighted by Gasteiger charge is -2.01. The molecule has 0 bridgehead atoms. The normalized spacial score (nSPS) is 9.53. The van der Waals surface area contributed by atoms with Crippen molar-refractivity contribution in [3.8, 4) is 17.2 Å². The monoisotopic (exact) mass is 192 g/mol. The summed E-state index contributed by atoms with van der Waals surface area (Å²) in [5.41, 5.74) is 3.31. The molecule has 0 aromatic heterocycles. The number of hydrogen-bond acceptors (Lipinski definition) is 1. The van der Waals surface area contributed by atoms with E-state index in [2.05, 4.69) is 12.1 Å². The highest BCUT2D eigenvalue weighted by Gasteiger charge is 1.96. The third kappa shape index (κ3) is 2.24. The van der Waals surface area contributed by atoms with Crippen LogP contribution < -0.4 is 0 Å². The van der Waals surface area contributed by atoms with Crippen molar-refractivity contribution in [2.75, 3.05) is 0 Å². The maximum Gasteiger partial charge on any atom is 0.0911 e. The van der Waals surface area contributed by atoms with E-state index in [4.69, 9.17) is 5.26 Å². The zero-order valence-electron chi connectivity index (χ0n) is 8.22. The summed E-state index contributed by atoms with van der Waals surface area (Å²) in [7, 11) is 0. The molecule has 0 atom stereocenters. The topological polar surface area (TPSA) is 23.8 Å². The Morgan fingerprint density at radius 2 is 1.40 bits per heavy atom. The van der Waals surface area contributed by atoms with Gasteiger partial charge in [0.15, 0.2) is 0 Å². The van der Waals surface area contributed by atoms with Crippen LogP contribution >= 0.6 is 0 Å². The average molecular weight is 192 g/mol. The minimum atomic E-state index is 0.942. The quantitative estimate of drug-likeness (QED) is 0.715. The molecular weight excluding hydrogens is 182 g/mol. The van der Waals surface area contributed by atoms with Crippen LogP contribution in [-0.2, 0) is 0 Å². The largest absolute Gasteiger partial charge is 0.198 e. The fraction of sp³-hybridized carbons (Fsp3) is 0. The molecule has 0 amide bonds. The first kappa shape index (κ1) is 9.48. The summed E-state index contributed by atoms with van der Waals surface area (Å²) >= 11 is 0. The van der Waals surface area contributed by atoms with Crippen molar-refractivity contribution in [3.05, 3.63) is 66.6 Å². The summed E-state index contributed by atoms with van der Waals surface area (Å²) in [4.78, 5) is 0. The molecule has 0 fully saturated rings. The molecule has 0 spiro atoms. The Balaban J connectivity index is 2.29. The summed E-state index contributed by atoms with van der Waals surface area (Å²) in [6.45, 7) is 0. The summed E-state index contributed by atoms with van der Waals surface area (Å²) in [5, 5.41) is 8.50. The first-order valence-electron chi connectivity index (χ1n) is 4.78. The summed E-state index contributed by atoms with van der Waals surface area (Å²) in [6, 6.07) is 20.2. The maximum atomic E-state index is 8.50. The predicted molar refractivity (Wildman–Crippen MR) is 60.9 cm³/mol. The second-order valence-corrected chi connectivity index (χ2v) is 3.26. The van der Waals surface area contributed by atoms with E-state index >= 15 is 0 Å². The van der Waals surface area contributed by atoms with Crippen molar-refractivity contribution in [3.63, 3.8) is 0 Å². The molecule has 2 aromatic rings. The summed E-state index contributed by atoms with van der Waals surface area (Å²) in [6.07, 6.45) is 1.54. The lowest BCUT2D eigenvalue weighted by atomic mass is 10.0. The van der Waals surface area contributed by atoms with Crippen molar-refractivity contribution in [1.82, 2.24) is 0 Å². The summed E-state index contributed by atoms with van der Waals surface area (Å²) < 4.78 is 0. The van der Waals surface area contributed by atoms with E-state index in [1.165, 1.54) is 17.5 Å². The van der Waals surface area contributed by atoms with E-state index < -0.39 is 0 Å². The Bertz CT molecular complexity index is 463. The van der Waals surface area contributed by atoms with E-state index in [0.29, 0.717) is 0 Å². The zero-order valence-corrected chi connectivity index (χ0v) is 8.22. The van der Waals surface area contributed by atoms with Crippen molar-refractivity contribution >= 4 is 0 Å². The van der Waals surface area contributed by atoms with Gasteiger partial charge in [-0.15, -0.1) is 0 Å². The zero-order chi connectivity index (χ0) is 10.5. The highest BCUT2D eigenvalue weighted by atomic mass is 14.2. The van der Waals surface area contributed by atoms with Crippen molar-refractivity contribution in [2.45, 2.75) is 0 Å².